The molecule has 0 saturated carbocycles. The smallest absolute Gasteiger partial charge is 0.243 e. The van der Waals surface area contributed by atoms with Gasteiger partial charge in [0.15, 0.2) is 11.5 Å². The lowest BCUT2D eigenvalue weighted by molar-refractivity contribution is -0.141. The molecule has 0 radical (unpaired) electrons. The van der Waals surface area contributed by atoms with Crippen LogP contribution in [0.3, 0.4) is 0 Å². The molecule has 2 amide bonds. The molecule has 194 valence electrons. The van der Waals surface area contributed by atoms with Crippen molar-refractivity contribution in [3.8, 4) is 11.5 Å². The van der Waals surface area contributed by atoms with Crippen molar-refractivity contribution in [1.29, 1.82) is 0 Å². The molecule has 0 saturated heterocycles. The lowest BCUT2D eigenvalue weighted by Crippen LogP contribution is -2.52. The Kier molecular flexibility index (Phi) is 9.23. The van der Waals surface area contributed by atoms with Gasteiger partial charge in [-0.15, -0.1) is 0 Å². The summed E-state index contributed by atoms with van der Waals surface area (Å²) in [6.07, 6.45) is 2.07. The van der Waals surface area contributed by atoms with Gasteiger partial charge in [-0.05, 0) is 60.7 Å². The Balaban J connectivity index is 1.59. The van der Waals surface area contributed by atoms with Crippen LogP contribution >= 0.6 is 15.9 Å². The van der Waals surface area contributed by atoms with Crippen LogP contribution in [0.25, 0.3) is 0 Å². The number of hydrogen-bond donors (Lipinski definition) is 1. The van der Waals surface area contributed by atoms with Gasteiger partial charge in [-0.25, -0.2) is 0 Å². The van der Waals surface area contributed by atoms with Gasteiger partial charge in [0.1, 0.15) is 6.04 Å². The summed E-state index contributed by atoms with van der Waals surface area (Å²) in [7, 11) is 0. The van der Waals surface area contributed by atoms with Crippen molar-refractivity contribution in [2.24, 2.45) is 0 Å². The Morgan fingerprint density at radius 3 is 2.38 bits per heavy atom. The number of ether oxygens (including phenoxy) is 2. The average Bonchev–Trinajstić information content (AvgIpc) is 3.39. The van der Waals surface area contributed by atoms with Gasteiger partial charge in [-0.1, -0.05) is 71.4 Å². The predicted molar refractivity (Wildman–Crippen MR) is 147 cm³/mol. The number of benzene rings is 3. The second-order valence-electron chi connectivity index (χ2n) is 9.36. The molecule has 2 atom stereocenters. The normalized spacial score (nSPS) is 13.6. The van der Waals surface area contributed by atoms with E-state index in [0.717, 1.165) is 33.3 Å². The van der Waals surface area contributed by atoms with Crippen LogP contribution in [0.1, 0.15) is 43.4 Å². The maximum Gasteiger partial charge on any atom is 0.243 e. The molecule has 3 aromatic carbocycles. The van der Waals surface area contributed by atoms with Crippen molar-refractivity contribution < 1.29 is 19.1 Å². The maximum atomic E-state index is 13.8. The minimum absolute atomic E-state index is 0.0176. The van der Waals surface area contributed by atoms with E-state index in [-0.39, 0.29) is 31.1 Å². The Labute approximate surface area is 227 Å². The first-order valence-corrected chi connectivity index (χ1v) is 13.5. The number of nitrogens with zero attached hydrogens (tertiary/aromatic N) is 1. The van der Waals surface area contributed by atoms with E-state index in [4.69, 9.17) is 9.47 Å². The van der Waals surface area contributed by atoms with Crippen LogP contribution in [0.2, 0.25) is 0 Å². The number of carbonyl (C=O) groups is 2. The molecule has 0 aliphatic carbocycles. The molecule has 7 heteroatoms. The summed E-state index contributed by atoms with van der Waals surface area (Å²) >= 11 is 3.48. The first-order chi connectivity index (χ1) is 17.9. The molecule has 0 fully saturated rings. The van der Waals surface area contributed by atoms with Gasteiger partial charge >= 0.3 is 0 Å². The van der Waals surface area contributed by atoms with E-state index < -0.39 is 6.04 Å². The zero-order chi connectivity index (χ0) is 26.2. The summed E-state index contributed by atoms with van der Waals surface area (Å²) in [5.41, 5.74) is 2.97. The van der Waals surface area contributed by atoms with Crippen molar-refractivity contribution >= 4 is 27.7 Å². The Bertz CT molecular complexity index is 1200. The summed E-state index contributed by atoms with van der Waals surface area (Å²) in [6, 6.07) is 22.9. The van der Waals surface area contributed by atoms with Crippen molar-refractivity contribution in [3.63, 3.8) is 0 Å². The summed E-state index contributed by atoms with van der Waals surface area (Å²) in [5.74, 6) is 1.22. The van der Waals surface area contributed by atoms with Crippen LogP contribution < -0.4 is 14.8 Å². The van der Waals surface area contributed by atoms with E-state index in [1.165, 1.54) is 0 Å². The third-order valence-electron chi connectivity index (χ3n) is 6.60. The van der Waals surface area contributed by atoms with Crippen molar-refractivity contribution in [2.75, 3.05) is 6.79 Å². The number of hydrogen-bond acceptors (Lipinski definition) is 4. The molecular weight excluding hydrogens is 532 g/mol. The molecule has 3 aromatic rings. The van der Waals surface area contributed by atoms with Gasteiger partial charge in [0.25, 0.3) is 0 Å². The van der Waals surface area contributed by atoms with Crippen molar-refractivity contribution in [1.82, 2.24) is 10.2 Å². The minimum atomic E-state index is -0.635. The molecule has 0 aromatic heterocycles. The van der Waals surface area contributed by atoms with Gasteiger partial charge in [-0.2, -0.15) is 0 Å². The van der Waals surface area contributed by atoms with Gasteiger partial charge in [0, 0.05) is 29.9 Å². The molecule has 1 aliphatic heterocycles. The zero-order valence-corrected chi connectivity index (χ0v) is 22.9. The molecule has 0 bridgehead atoms. The van der Waals surface area contributed by atoms with E-state index >= 15 is 0 Å². The third-order valence-corrected chi connectivity index (χ3v) is 7.13. The van der Waals surface area contributed by atoms with E-state index in [2.05, 4.69) is 21.2 Å². The SMILES string of the molecule is CC[C@@H](C)NC(=O)[C@@H](Cc1ccccc1)N(Cc1ccc(Br)cc1)C(=O)CCc1ccc2c(c1)OCO2. The Morgan fingerprint density at radius 2 is 1.65 bits per heavy atom. The molecular formula is C30H33BrN2O4. The summed E-state index contributed by atoms with van der Waals surface area (Å²) in [4.78, 5) is 29.1. The monoisotopic (exact) mass is 564 g/mol. The van der Waals surface area contributed by atoms with Crippen LogP contribution in [-0.2, 0) is 29.0 Å². The number of carbonyl (C=O) groups excluding carboxylic acids is 2. The Morgan fingerprint density at radius 1 is 0.946 bits per heavy atom. The number of aryl methyl sites for hydroxylation is 1. The number of rotatable bonds is 11. The minimum Gasteiger partial charge on any atom is -0.454 e. The van der Waals surface area contributed by atoms with Crippen LogP contribution in [0.15, 0.2) is 77.3 Å². The fourth-order valence-corrected chi connectivity index (χ4v) is 4.54. The second-order valence-corrected chi connectivity index (χ2v) is 10.3. The van der Waals surface area contributed by atoms with Crippen molar-refractivity contribution in [2.45, 2.75) is 58.2 Å². The predicted octanol–water partition coefficient (Wildman–Crippen LogP) is 5.67. The average molecular weight is 566 g/mol. The van der Waals surface area contributed by atoms with E-state index in [1.54, 1.807) is 4.90 Å². The summed E-state index contributed by atoms with van der Waals surface area (Å²) < 4.78 is 11.9. The standard InChI is InChI=1S/C30H33BrN2O4/c1-3-21(2)32-30(35)26(17-22-7-5-4-6-8-22)33(19-24-9-13-25(31)14-10-24)29(34)16-12-23-11-15-27-28(18-23)37-20-36-27/h4-11,13-15,18,21,26H,3,12,16-17,19-20H2,1-2H3,(H,32,35)/t21-,26-/m1/s1. The van der Waals surface area contributed by atoms with E-state index in [0.29, 0.717) is 25.1 Å². The summed E-state index contributed by atoms with van der Waals surface area (Å²) in [5, 5.41) is 3.11. The first kappa shape index (κ1) is 26.7. The van der Waals surface area contributed by atoms with E-state index in [1.807, 2.05) is 86.6 Å². The highest BCUT2D eigenvalue weighted by Gasteiger charge is 2.31. The number of fused-ring (bicyclic) bond motifs is 1. The lowest BCUT2D eigenvalue weighted by Gasteiger charge is -2.32. The van der Waals surface area contributed by atoms with Crippen LogP contribution in [-0.4, -0.2) is 35.6 Å². The molecule has 1 heterocycles. The highest BCUT2D eigenvalue weighted by Crippen LogP contribution is 2.33. The van der Waals surface area contributed by atoms with Crippen LogP contribution in [0.4, 0.5) is 0 Å². The van der Waals surface area contributed by atoms with Crippen LogP contribution in [0, 0.1) is 0 Å². The van der Waals surface area contributed by atoms with Gasteiger partial charge in [-0.3, -0.25) is 9.59 Å². The molecule has 0 unspecified atom stereocenters. The molecule has 1 N–H and O–H groups in total. The molecule has 6 nitrogen and oxygen atoms in total. The number of nitrogens with one attached hydrogen (secondary N) is 1. The molecule has 4 rings (SSSR count). The lowest BCUT2D eigenvalue weighted by atomic mass is 10.0. The largest absolute Gasteiger partial charge is 0.454 e. The summed E-state index contributed by atoms with van der Waals surface area (Å²) in [6.45, 7) is 4.58. The van der Waals surface area contributed by atoms with Gasteiger partial charge < -0.3 is 19.7 Å². The maximum absolute atomic E-state index is 13.8. The van der Waals surface area contributed by atoms with Gasteiger partial charge in [0.05, 0.1) is 0 Å². The molecule has 37 heavy (non-hydrogen) atoms. The Hall–Kier alpha value is -3.32. The first-order valence-electron chi connectivity index (χ1n) is 12.7. The van der Waals surface area contributed by atoms with Crippen LogP contribution in [0.5, 0.6) is 11.5 Å². The fourth-order valence-electron chi connectivity index (χ4n) is 4.27. The highest BCUT2D eigenvalue weighted by atomic mass is 79.9. The highest BCUT2D eigenvalue weighted by molar-refractivity contribution is 9.10. The molecule has 0 spiro atoms. The number of amides is 2. The zero-order valence-electron chi connectivity index (χ0n) is 21.3. The topological polar surface area (TPSA) is 67.9 Å². The number of halogens is 1. The second kappa shape index (κ2) is 12.8. The van der Waals surface area contributed by atoms with Crippen molar-refractivity contribution in [3.05, 3.63) is 94.0 Å². The molecule has 1 aliphatic rings. The van der Waals surface area contributed by atoms with Gasteiger partial charge in [0.2, 0.25) is 18.6 Å². The third kappa shape index (κ3) is 7.35. The van der Waals surface area contributed by atoms with E-state index in [9.17, 15) is 9.59 Å². The fraction of sp³-hybridized carbons (Fsp3) is 0.333. The quantitative estimate of drug-likeness (QED) is 0.326.